The Morgan fingerprint density at radius 1 is 1.30 bits per heavy atom. The topological polar surface area (TPSA) is 88.2 Å². The van der Waals surface area contributed by atoms with Gasteiger partial charge in [-0.3, -0.25) is 4.79 Å². The third-order valence-electron chi connectivity index (χ3n) is 5.16. The van der Waals surface area contributed by atoms with Crippen LogP contribution in [0.2, 0.25) is 0 Å². The lowest BCUT2D eigenvalue weighted by molar-refractivity contribution is 0.0639. The first-order chi connectivity index (χ1) is 13.1. The molecule has 5 rings (SSSR count). The molecule has 7 heteroatoms. The zero-order valence-electron chi connectivity index (χ0n) is 15.0. The summed E-state index contributed by atoms with van der Waals surface area (Å²) < 4.78 is 11.5. The fourth-order valence-electron chi connectivity index (χ4n) is 3.78. The molecule has 1 aromatic carbocycles. The van der Waals surface area contributed by atoms with Crippen molar-refractivity contribution in [1.29, 1.82) is 0 Å². The molecule has 0 bridgehead atoms. The number of aromatic amines is 1. The molecule has 7 nitrogen and oxygen atoms in total. The molecule has 0 unspecified atom stereocenters. The third-order valence-corrected chi connectivity index (χ3v) is 5.16. The molecule has 0 fully saturated rings. The van der Waals surface area contributed by atoms with Crippen LogP contribution in [0.3, 0.4) is 0 Å². The lowest BCUT2D eigenvalue weighted by Gasteiger charge is -2.33. The van der Waals surface area contributed by atoms with Gasteiger partial charge in [0.05, 0.1) is 17.7 Å². The molecule has 0 saturated carbocycles. The molecule has 1 aliphatic rings. The number of imidazole rings is 1. The van der Waals surface area contributed by atoms with E-state index in [9.17, 15) is 4.79 Å². The van der Waals surface area contributed by atoms with Crippen LogP contribution in [0.25, 0.3) is 11.0 Å². The minimum atomic E-state index is -0.413. The van der Waals surface area contributed by atoms with Crippen LogP contribution in [0.1, 0.15) is 45.0 Å². The van der Waals surface area contributed by atoms with E-state index in [1.165, 1.54) is 6.39 Å². The third kappa shape index (κ3) is 2.38. The van der Waals surface area contributed by atoms with Crippen LogP contribution >= 0.6 is 0 Å². The molecule has 136 valence electrons. The second kappa shape index (κ2) is 5.84. The first kappa shape index (κ1) is 15.9. The summed E-state index contributed by atoms with van der Waals surface area (Å²) >= 11 is 0. The van der Waals surface area contributed by atoms with E-state index in [0.717, 1.165) is 27.9 Å². The van der Waals surface area contributed by atoms with Crippen LogP contribution < -0.4 is 0 Å². The van der Waals surface area contributed by atoms with Gasteiger partial charge in [-0.15, -0.1) is 0 Å². The van der Waals surface area contributed by atoms with Gasteiger partial charge >= 0.3 is 0 Å². The number of furan rings is 1. The van der Waals surface area contributed by atoms with Crippen LogP contribution in [0.4, 0.5) is 0 Å². The molecule has 0 spiro atoms. The van der Waals surface area contributed by atoms with E-state index in [2.05, 4.69) is 15.0 Å². The second-order valence-corrected chi connectivity index (χ2v) is 6.83. The van der Waals surface area contributed by atoms with Crippen molar-refractivity contribution < 1.29 is 13.6 Å². The zero-order valence-corrected chi connectivity index (χ0v) is 15.0. The van der Waals surface area contributed by atoms with Crippen molar-refractivity contribution in [2.45, 2.75) is 26.3 Å². The van der Waals surface area contributed by atoms with Crippen LogP contribution in [0.15, 0.2) is 45.8 Å². The van der Waals surface area contributed by atoms with Crippen molar-refractivity contribution in [2.24, 2.45) is 0 Å². The second-order valence-electron chi connectivity index (χ2n) is 6.83. The van der Waals surface area contributed by atoms with E-state index in [4.69, 9.17) is 8.83 Å². The van der Waals surface area contributed by atoms with Gasteiger partial charge in [0.2, 0.25) is 5.76 Å². The summed E-state index contributed by atoms with van der Waals surface area (Å²) in [5.41, 5.74) is 4.30. The molecule has 0 saturated heterocycles. The summed E-state index contributed by atoms with van der Waals surface area (Å²) in [7, 11) is 0. The highest BCUT2D eigenvalue weighted by atomic mass is 16.4. The molecular formula is C20H18N4O3. The van der Waals surface area contributed by atoms with E-state index in [1.54, 1.807) is 18.2 Å². The average molecular weight is 362 g/mol. The molecule has 27 heavy (non-hydrogen) atoms. The summed E-state index contributed by atoms with van der Waals surface area (Å²) in [4.78, 5) is 26.7. The Hall–Kier alpha value is -3.35. The maximum atomic E-state index is 13.2. The quantitative estimate of drug-likeness (QED) is 0.589. The van der Waals surface area contributed by atoms with Gasteiger partial charge in [-0.25, -0.2) is 9.97 Å². The van der Waals surface area contributed by atoms with E-state index in [1.807, 2.05) is 31.2 Å². The highest BCUT2D eigenvalue weighted by Gasteiger charge is 2.38. The van der Waals surface area contributed by atoms with Crippen molar-refractivity contribution in [1.82, 2.24) is 19.9 Å². The smallest absolute Gasteiger partial charge is 0.292 e. The van der Waals surface area contributed by atoms with Gasteiger partial charge in [-0.1, -0.05) is 18.2 Å². The first-order valence-corrected chi connectivity index (χ1v) is 8.85. The number of H-pyrrole nitrogens is 1. The monoisotopic (exact) mass is 362 g/mol. The Morgan fingerprint density at radius 2 is 2.19 bits per heavy atom. The molecule has 4 heterocycles. The molecule has 0 radical (unpaired) electrons. The van der Waals surface area contributed by atoms with Crippen LogP contribution in [0, 0.1) is 13.8 Å². The zero-order chi connectivity index (χ0) is 18.5. The normalized spacial score (nSPS) is 16.7. The average Bonchev–Trinajstić information content (AvgIpc) is 3.39. The van der Waals surface area contributed by atoms with Crippen LogP contribution in [-0.2, 0) is 6.42 Å². The van der Waals surface area contributed by atoms with Gasteiger partial charge in [0.25, 0.3) is 5.91 Å². The highest BCUT2D eigenvalue weighted by molar-refractivity contribution is 5.93. The fourth-order valence-corrected chi connectivity index (χ4v) is 3.78. The van der Waals surface area contributed by atoms with Crippen molar-refractivity contribution in [3.63, 3.8) is 0 Å². The number of hydrogen-bond acceptors (Lipinski definition) is 5. The number of carbonyl (C=O) groups excluding carboxylic acids is 1. The number of para-hydroxylation sites is 1. The summed E-state index contributed by atoms with van der Waals surface area (Å²) in [5, 5.41) is 1.01. The number of benzene rings is 1. The Kier molecular flexibility index (Phi) is 3.43. The summed E-state index contributed by atoms with van der Waals surface area (Å²) in [6, 6.07) is 7.60. The Balaban J connectivity index is 1.66. The summed E-state index contributed by atoms with van der Waals surface area (Å²) in [6.45, 7) is 4.31. The largest absolute Gasteiger partial charge is 0.458 e. The first-order valence-electron chi connectivity index (χ1n) is 8.85. The van der Waals surface area contributed by atoms with Gasteiger partial charge in [0.1, 0.15) is 17.4 Å². The molecule has 1 N–H and O–H groups in total. The van der Waals surface area contributed by atoms with E-state index < -0.39 is 6.04 Å². The van der Waals surface area contributed by atoms with Crippen molar-refractivity contribution in [3.05, 3.63) is 71.2 Å². The molecule has 1 atom stereocenters. The maximum Gasteiger partial charge on any atom is 0.292 e. The van der Waals surface area contributed by atoms with Gasteiger partial charge in [-0.2, -0.15) is 0 Å². The van der Waals surface area contributed by atoms with E-state index in [0.29, 0.717) is 24.4 Å². The lowest BCUT2D eigenvalue weighted by Crippen LogP contribution is -2.40. The number of carbonyl (C=O) groups is 1. The minimum Gasteiger partial charge on any atom is -0.458 e. The molecule has 1 aliphatic heterocycles. The number of fused-ring (bicyclic) bond motifs is 2. The SMILES string of the molecule is Cc1ncoc1C(=O)N1CCc2[nH]cnc2[C@H]1c1cc2cccc(C)c2o1. The Morgan fingerprint density at radius 3 is 2.96 bits per heavy atom. The summed E-state index contributed by atoms with van der Waals surface area (Å²) in [6.07, 6.45) is 3.66. The van der Waals surface area contributed by atoms with Crippen LogP contribution in [0.5, 0.6) is 0 Å². The van der Waals surface area contributed by atoms with Crippen molar-refractivity contribution in [2.75, 3.05) is 6.54 Å². The van der Waals surface area contributed by atoms with E-state index in [-0.39, 0.29) is 11.7 Å². The van der Waals surface area contributed by atoms with Gasteiger partial charge in [0.15, 0.2) is 6.39 Å². The van der Waals surface area contributed by atoms with Gasteiger partial charge in [-0.05, 0) is 25.5 Å². The lowest BCUT2D eigenvalue weighted by atomic mass is 9.99. The predicted molar refractivity (Wildman–Crippen MR) is 97.4 cm³/mol. The Bertz CT molecular complexity index is 1150. The Labute approximate surface area is 155 Å². The molecule has 3 aromatic heterocycles. The number of hydrogen-bond donors (Lipinski definition) is 1. The number of nitrogens with one attached hydrogen (secondary N) is 1. The standard InChI is InChI=1S/C20H18N4O3/c1-11-4-3-5-13-8-15(27-18(11)13)17-16-14(21-9-22-16)6-7-24(17)20(25)19-12(2)23-10-26-19/h3-5,8-10,17H,6-7H2,1-2H3,(H,21,22)/t17-/m1/s1. The molecular weight excluding hydrogens is 344 g/mol. The van der Waals surface area contributed by atoms with Gasteiger partial charge in [0, 0.05) is 24.0 Å². The molecule has 0 aliphatic carbocycles. The van der Waals surface area contributed by atoms with Crippen LogP contribution in [-0.4, -0.2) is 32.3 Å². The maximum absolute atomic E-state index is 13.2. The molecule has 1 amide bonds. The van der Waals surface area contributed by atoms with E-state index >= 15 is 0 Å². The summed E-state index contributed by atoms with van der Waals surface area (Å²) in [5.74, 6) is 0.741. The highest BCUT2D eigenvalue weighted by Crippen LogP contribution is 2.37. The number of aromatic nitrogens is 3. The number of oxazole rings is 1. The minimum absolute atomic E-state index is 0.208. The number of amides is 1. The van der Waals surface area contributed by atoms with Gasteiger partial charge < -0.3 is 18.7 Å². The fraction of sp³-hybridized carbons (Fsp3) is 0.250. The number of aryl methyl sites for hydroxylation is 2. The number of rotatable bonds is 2. The van der Waals surface area contributed by atoms with Crippen molar-refractivity contribution >= 4 is 16.9 Å². The van der Waals surface area contributed by atoms with Crippen molar-refractivity contribution in [3.8, 4) is 0 Å². The number of nitrogens with zero attached hydrogens (tertiary/aromatic N) is 3. The molecule has 4 aromatic rings. The predicted octanol–water partition coefficient (Wildman–Crippen LogP) is 3.55.